The van der Waals surface area contributed by atoms with Gasteiger partial charge in [0.05, 0.1) is 48.7 Å². The van der Waals surface area contributed by atoms with Gasteiger partial charge in [0.25, 0.3) is 17.7 Å². The number of nitrogens with zero attached hydrogens (tertiary/aromatic N) is 12. The lowest BCUT2D eigenvalue weighted by molar-refractivity contribution is -0.136. The second-order valence-corrected chi connectivity index (χ2v) is 18.1. The molecule has 0 bridgehead atoms. The molecule has 6 aliphatic heterocycles. The zero-order chi connectivity index (χ0) is 46.5. The third kappa shape index (κ3) is 8.44. The second kappa shape index (κ2) is 18.1. The molecule has 20 nitrogen and oxygen atoms in total. The van der Waals surface area contributed by atoms with Crippen molar-refractivity contribution in [3.8, 4) is 0 Å². The summed E-state index contributed by atoms with van der Waals surface area (Å²) in [7, 11) is 1.85. The van der Waals surface area contributed by atoms with E-state index >= 15 is 0 Å². The zero-order valence-electron chi connectivity index (χ0n) is 38.1. The van der Waals surface area contributed by atoms with Crippen LogP contribution in [-0.2, 0) is 32.2 Å². The minimum absolute atomic E-state index is 0.0869. The highest BCUT2D eigenvalue weighted by Crippen LogP contribution is 2.33. The van der Waals surface area contributed by atoms with E-state index in [1.807, 2.05) is 55.4 Å². The highest BCUT2D eigenvalue weighted by atomic mass is 16.5. The Bertz CT molecular complexity index is 2710. The van der Waals surface area contributed by atoms with Crippen LogP contribution >= 0.6 is 0 Å². The SMILES string of the molecule is CC1=C(C(=O)Nc2ccc3c(c2)C(c2ccnc(N4C[C@@H](C)N(CCOCCN5CCN(c6ccc7c(c6)C(=O)N(C6CCC(=O)NC6=O)C7=O)CC5)[C@@H](C)C4)c2)=NC3)Cn2nnnc2N1C. The van der Waals surface area contributed by atoms with Crippen LogP contribution in [0.1, 0.15) is 71.0 Å². The van der Waals surface area contributed by atoms with E-state index in [2.05, 4.69) is 65.7 Å². The fraction of sp³-hybridized carbons (Fsp3) is 0.447. The fourth-order valence-corrected chi connectivity index (χ4v) is 10.2. The summed E-state index contributed by atoms with van der Waals surface area (Å²) in [6.07, 6.45) is 2.07. The molecule has 0 radical (unpaired) electrons. The first-order chi connectivity index (χ1) is 32.4. The second-order valence-electron chi connectivity index (χ2n) is 18.1. The van der Waals surface area contributed by atoms with E-state index in [-0.39, 0.29) is 36.4 Å². The van der Waals surface area contributed by atoms with Gasteiger partial charge in [-0.1, -0.05) is 11.2 Å². The number of hydrogen-bond donors (Lipinski definition) is 2. The van der Waals surface area contributed by atoms with E-state index in [9.17, 15) is 24.0 Å². The number of pyridine rings is 1. The van der Waals surface area contributed by atoms with Crippen LogP contribution < -0.4 is 25.3 Å². The van der Waals surface area contributed by atoms with Crippen LogP contribution in [0.4, 0.5) is 23.1 Å². The summed E-state index contributed by atoms with van der Waals surface area (Å²) in [6.45, 7) is 15.0. The maximum atomic E-state index is 13.5. The van der Waals surface area contributed by atoms with Crippen molar-refractivity contribution in [3.05, 3.63) is 93.8 Å². The number of hydrogen-bond acceptors (Lipinski definition) is 16. The quantitative estimate of drug-likeness (QED) is 0.154. The lowest BCUT2D eigenvalue weighted by Crippen LogP contribution is -2.57. The summed E-state index contributed by atoms with van der Waals surface area (Å²) in [6, 6.07) is 15.0. The molecular formula is C47H54N14O6. The Hall–Kier alpha value is -6.90. The van der Waals surface area contributed by atoms with Crippen molar-refractivity contribution in [1.82, 2.24) is 45.2 Å². The van der Waals surface area contributed by atoms with E-state index in [1.54, 1.807) is 16.8 Å². The van der Waals surface area contributed by atoms with E-state index in [0.717, 1.165) is 96.9 Å². The van der Waals surface area contributed by atoms with Gasteiger partial charge in [0.2, 0.25) is 17.8 Å². The minimum Gasteiger partial charge on any atom is -0.379 e. The number of benzene rings is 2. The number of imide groups is 2. The predicted molar refractivity (Wildman–Crippen MR) is 248 cm³/mol. The lowest BCUT2D eigenvalue weighted by atomic mass is 9.99. The van der Waals surface area contributed by atoms with Crippen LogP contribution in [0, 0.1) is 0 Å². The predicted octanol–water partition coefficient (Wildman–Crippen LogP) is 1.92. The minimum atomic E-state index is -0.980. The Morgan fingerprint density at radius 3 is 2.45 bits per heavy atom. The van der Waals surface area contributed by atoms with E-state index < -0.39 is 29.7 Å². The normalized spacial score (nSPS) is 22.3. The standard InChI is InChI=1S/C47H54N14O6/c1-28-25-58(40-21-31(11-12-48-40)42-36-22-33(6-5-32(36)24-49-42)50-43(63)38-27-60-47(52-53-54-60)55(4)30(38)3)26-29(2)59(28)18-20-67-19-17-56-13-15-57(16-14-56)34-7-8-35-37(23-34)46(66)61(45(35)65)39-9-10-41(62)51-44(39)64/h5-8,11-12,21-23,28-29,39H,9-10,13-20,24-27H2,1-4H3,(H,50,63)(H,51,62,64)/t28-,29+,39?. The number of rotatable bonds is 12. The largest absolute Gasteiger partial charge is 0.379 e. The first-order valence-electron chi connectivity index (χ1n) is 23.0. The molecule has 3 atom stereocenters. The summed E-state index contributed by atoms with van der Waals surface area (Å²) in [4.78, 5) is 86.1. The number of ether oxygens (including phenoxy) is 1. The molecule has 20 heteroatoms. The Morgan fingerprint density at radius 2 is 1.66 bits per heavy atom. The highest BCUT2D eigenvalue weighted by Gasteiger charge is 2.45. The van der Waals surface area contributed by atoms with Gasteiger partial charge in [0, 0.05) is 112 Å². The molecule has 5 amide bonds. The molecule has 3 fully saturated rings. The van der Waals surface area contributed by atoms with Crippen molar-refractivity contribution in [1.29, 1.82) is 0 Å². The smallest absolute Gasteiger partial charge is 0.262 e. The van der Waals surface area contributed by atoms with Crippen LogP contribution in [0.25, 0.3) is 0 Å². The van der Waals surface area contributed by atoms with Gasteiger partial charge in [-0.15, -0.1) is 0 Å². The van der Waals surface area contributed by atoms with Gasteiger partial charge in [-0.25, -0.2) is 9.67 Å². The van der Waals surface area contributed by atoms with Crippen LogP contribution in [0.5, 0.6) is 0 Å². The molecule has 348 valence electrons. The summed E-state index contributed by atoms with van der Waals surface area (Å²) >= 11 is 0. The topological polar surface area (TPSA) is 207 Å². The van der Waals surface area contributed by atoms with Gasteiger partial charge >= 0.3 is 0 Å². The van der Waals surface area contributed by atoms with E-state index in [1.165, 1.54) is 0 Å². The first-order valence-corrected chi connectivity index (χ1v) is 23.0. The Labute approximate surface area is 387 Å². The van der Waals surface area contributed by atoms with E-state index in [0.29, 0.717) is 49.1 Å². The van der Waals surface area contributed by atoms with Crippen molar-refractivity contribution in [2.75, 3.05) is 92.6 Å². The van der Waals surface area contributed by atoms with Crippen LogP contribution in [0.15, 0.2) is 71.0 Å². The summed E-state index contributed by atoms with van der Waals surface area (Å²) < 4.78 is 7.81. The molecule has 0 saturated carbocycles. The van der Waals surface area contributed by atoms with Crippen molar-refractivity contribution in [2.45, 2.75) is 64.8 Å². The average Bonchev–Trinajstić information content (AvgIpc) is 4.04. The highest BCUT2D eigenvalue weighted by molar-refractivity contribution is 6.24. The number of piperazine rings is 2. The number of nitrogens with one attached hydrogen (secondary N) is 2. The third-order valence-electron chi connectivity index (χ3n) is 14.0. The third-order valence-corrected chi connectivity index (χ3v) is 14.0. The van der Waals surface area contributed by atoms with Gasteiger partial charge in [0.1, 0.15) is 11.9 Å². The molecule has 2 aromatic carbocycles. The van der Waals surface area contributed by atoms with Crippen LogP contribution in [0.2, 0.25) is 0 Å². The number of aliphatic imine (C=N–C) groups is 1. The Kier molecular flexibility index (Phi) is 11.9. The van der Waals surface area contributed by atoms with Crippen molar-refractivity contribution in [2.24, 2.45) is 4.99 Å². The van der Waals surface area contributed by atoms with Crippen molar-refractivity contribution < 1.29 is 28.7 Å². The number of carbonyl (C=O) groups is 5. The number of aromatic nitrogens is 5. The van der Waals surface area contributed by atoms with Gasteiger partial charge in [-0.05, 0) is 85.6 Å². The maximum absolute atomic E-state index is 13.5. The van der Waals surface area contributed by atoms with Crippen molar-refractivity contribution >= 4 is 58.4 Å². The first kappa shape index (κ1) is 44.0. The molecule has 1 unspecified atom stereocenters. The molecule has 10 rings (SSSR count). The monoisotopic (exact) mass is 910 g/mol. The number of carbonyl (C=O) groups excluding carboxylic acids is 5. The number of allylic oxidation sites excluding steroid dienone is 1. The molecule has 0 spiro atoms. The number of piperidine rings is 1. The van der Waals surface area contributed by atoms with Crippen LogP contribution in [0.3, 0.4) is 0 Å². The molecule has 0 aliphatic carbocycles. The number of tetrazole rings is 1. The van der Waals surface area contributed by atoms with Crippen molar-refractivity contribution in [3.63, 3.8) is 0 Å². The number of anilines is 4. The summed E-state index contributed by atoms with van der Waals surface area (Å²) in [5.41, 5.74) is 7.50. The van der Waals surface area contributed by atoms with E-state index in [4.69, 9.17) is 14.7 Å². The van der Waals surface area contributed by atoms with Gasteiger partial charge in [-0.2, -0.15) is 0 Å². The molecule has 2 aromatic heterocycles. The maximum Gasteiger partial charge on any atom is 0.262 e. The Balaban J connectivity index is 0.676. The average molecular weight is 911 g/mol. The number of fused-ring (bicyclic) bond motifs is 3. The molecule has 6 aliphatic rings. The lowest BCUT2D eigenvalue weighted by Gasteiger charge is -2.45. The molecule has 2 N–H and O–H groups in total. The molecular weight excluding hydrogens is 857 g/mol. The van der Waals surface area contributed by atoms with Gasteiger partial charge in [-0.3, -0.25) is 49.0 Å². The summed E-state index contributed by atoms with van der Waals surface area (Å²) in [5, 5.41) is 17.2. The zero-order valence-corrected chi connectivity index (χ0v) is 38.1. The molecule has 67 heavy (non-hydrogen) atoms. The molecule has 4 aromatic rings. The molecule has 8 heterocycles. The Morgan fingerprint density at radius 1 is 0.881 bits per heavy atom. The fourth-order valence-electron chi connectivity index (χ4n) is 10.2. The number of amides is 5. The van der Waals surface area contributed by atoms with Gasteiger partial charge in [0.15, 0.2) is 0 Å². The molecule has 3 saturated heterocycles. The summed E-state index contributed by atoms with van der Waals surface area (Å²) in [5.74, 6) is -0.688. The van der Waals surface area contributed by atoms with Gasteiger partial charge < -0.3 is 24.8 Å². The van der Waals surface area contributed by atoms with Crippen LogP contribution in [-0.4, -0.2) is 166 Å².